The number of hydrogen-bond acceptors (Lipinski definition) is 4. The number of rotatable bonds is 6. The van der Waals surface area contributed by atoms with Crippen molar-refractivity contribution >= 4 is 51.2 Å². The molecule has 1 heterocycles. The van der Waals surface area contributed by atoms with Crippen molar-refractivity contribution in [1.82, 2.24) is 0 Å². The average molecular weight is 502 g/mol. The smallest absolute Gasteiger partial charge is 0.200 e. The van der Waals surface area contributed by atoms with E-state index in [0.29, 0.717) is 34.6 Å². The fourth-order valence-electron chi connectivity index (χ4n) is 3.06. The van der Waals surface area contributed by atoms with Crippen LogP contribution in [0.3, 0.4) is 0 Å². The molecule has 152 valence electrons. The van der Waals surface area contributed by atoms with Gasteiger partial charge in [0.15, 0.2) is 11.5 Å². The van der Waals surface area contributed by atoms with Crippen molar-refractivity contribution in [2.45, 2.75) is 18.4 Å². The Bertz CT molecular complexity index is 1130. The molecule has 0 aromatic heterocycles. The van der Waals surface area contributed by atoms with Crippen molar-refractivity contribution in [1.29, 1.82) is 0 Å². The highest BCUT2D eigenvalue weighted by Gasteiger charge is 2.25. The second kappa shape index (κ2) is 9.29. The highest BCUT2D eigenvalue weighted by Crippen LogP contribution is 2.42. The number of halogens is 2. The van der Waals surface area contributed by atoms with E-state index < -0.39 is 0 Å². The normalized spacial score (nSPS) is 14.1. The molecule has 0 N–H and O–H groups in total. The van der Waals surface area contributed by atoms with E-state index in [1.807, 2.05) is 73.7 Å². The minimum atomic E-state index is 0.0449. The summed E-state index contributed by atoms with van der Waals surface area (Å²) < 4.78 is 12.6. The van der Waals surface area contributed by atoms with Crippen LogP contribution in [0, 0.1) is 0 Å². The lowest BCUT2D eigenvalue weighted by Gasteiger charge is -2.14. The van der Waals surface area contributed by atoms with Gasteiger partial charge in [0.2, 0.25) is 5.78 Å². The van der Waals surface area contributed by atoms with Crippen LogP contribution in [0.5, 0.6) is 11.5 Å². The number of allylic oxidation sites excluding steroid dienone is 1. The number of benzene rings is 3. The minimum absolute atomic E-state index is 0.0449. The first-order valence-corrected chi connectivity index (χ1v) is 11.4. The van der Waals surface area contributed by atoms with Gasteiger partial charge in [0.25, 0.3) is 0 Å². The Balaban J connectivity index is 1.60. The topological polar surface area (TPSA) is 35.5 Å². The zero-order valence-corrected chi connectivity index (χ0v) is 19.3. The van der Waals surface area contributed by atoms with Crippen molar-refractivity contribution in [3.05, 3.63) is 91.8 Å². The SMILES string of the molecule is CCOc1cc(/C=C2\Sc3ccccc3C2=O)c(Br)cc1OCc1ccc(Cl)cc1. The van der Waals surface area contributed by atoms with Crippen LogP contribution < -0.4 is 9.47 Å². The van der Waals surface area contributed by atoms with E-state index in [1.165, 1.54) is 11.8 Å². The van der Waals surface area contributed by atoms with Gasteiger partial charge in [-0.05, 0) is 60.5 Å². The zero-order chi connectivity index (χ0) is 21.1. The molecule has 0 unspecified atom stereocenters. The van der Waals surface area contributed by atoms with Crippen molar-refractivity contribution in [2.75, 3.05) is 6.61 Å². The number of thioether (sulfide) groups is 1. The molecule has 6 heteroatoms. The van der Waals surface area contributed by atoms with E-state index in [0.717, 1.165) is 26.1 Å². The summed E-state index contributed by atoms with van der Waals surface area (Å²) in [4.78, 5) is 14.4. The lowest BCUT2D eigenvalue weighted by molar-refractivity contribution is 0.104. The van der Waals surface area contributed by atoms with Crippen molar-refractivity contribution < 1.29 is 14.3 Å². The van der Waals surface area contributed by atoms with Crippen molar-refractivity contribution in [2.24, 2.45) is 0 Å². The predicted molar refractivity (Wildman–Crippen MR) is 126 cm³/mol. The van der Waals surface area contributed by atoms with Gasteiger partial charge in [0.05, 0.1) is 11.5 Å². The maximum atomic E-state index is 12.7. The quantitative estimate of drug-likeness (QED) is 0.329. The summed E-state index contributed by atoms with van der Waals surface area (Å²) in [6, 6.07) is 19.0. The van der Waals surface area contributed by atoms with Crippen LogP contribution in [0.1, 0.15) is 28.4 Å². The second-order valence-electron chi connectivity index (χ2n) is 6.60. The Morgan fingerprint density at radius 3 is 2.50 bits per heavy atom. The molecule has 0 saturated heterocycles. The number of fused-ring (bicyclic) bond motifs is 1. The number of carbonyl (C=O) groups is 1. The van der Waals surface area contributed by atoms with Crippen molar-refractivity contribution in [3.63, 3.8) is 0 Å². The Morgan fingerprint density at radius 2 is 1.77 bits per heavy atom. The molecular formula is C24H18BrClO3S. The number of carbonyl (C=O) groups excluding carboxylic acids is 1. The Hall–Kier alpha value is -2.21. The van der Waals surface area contributed by atoms with Gasteiger partial charge in [-0.1, -0.05) is 63.6 Å². The van der Waals surface area contributed by atoms with Gasteiger partial charge >= 0.3 is 0 Å². The Kier molecular flexibility index (Phi) is 6.52. The van der Waals surface area contributed by atoms with Crippen LogP contribution in [0.15, 0.2) is 74.9 Å². The maximum Gasteiger partial charge on any atom is 0.200 e. The van der Waals surface area contributed by atoms with E-state index in [2.05, 4.69) is 15.9 Å². The molecule has 1 aliphatic rings. The largest absolute Gasteiger partial charge is 0.490 e. The molecule has 30 heavy (non-hydrogen) atoms. The fourth-order valence-corrected chi connectivity index (χ4v) is 4.67. The number of Topliss-reactive ketones (excluding diaryl/α,β-unsaturated/α-hetero) is 1. The third-order valence-electron chi connectivity index (χ3n) is 4.53. The third-order valence-corrected chi connectivity index (χ3v) is 6.57. The summed E-state index contributed by atoms with van der Waals surface area (Å²) in [7, 11) is 0. The van der Waals surface area contributed by atoms with E-state index in [1.54, 1.807) is 0 Å². The summed E-state index contributed by atoms with van der Waals surface area (Å²) in [5, 5.41) is 0.690. The molecule has 0 amide bonds. The van der Waals surface area contributed by atoms with Gasteiger partial charge in [-0.25, -0.2) is 0 Å². The lowest BCUT2D eigenvalue weighted by atomic mass is 10.1. The molecule has 3 nitrogen and oxygen atoms in total. The van der Waals surface area contributed by atoms with Crippen LogP contribution in [-0.2, 0) is 6.61 Å². The van der Waals surface area contributed by atoms with Crippen LogP contribution in [0.4, 0.5) is 0 Å². The molecule has 1 aliphatic heterocycles. The first-order chi connectivity index (χ1) is 14.5. The number of ketones is 1. The first kappa shape index (κ1) is 21.0. The Morgan fingerprint density at radius 1 is 1.03 bits per heavy atom. The lowest BCUT2D eigenvalue weighted by Crippen LogP contribution is -2.01. The molecule has 3 aromatic rings. The number of hydrogen-bond donors (Lipinski definition) is 0. The second-order valence-corrected chi connectivity index (χ2v) is 8.98. The summed E-state index contributed by atoms with van der Waals surface area (Å²) in [6.07, 6.45) is 1.89. The molecule has 0 fully saturated rings. The van der Waals surface area contributed by atoms with Crippen LogP contribution in [0.2, 0.25) is 5.02 Å². The molecule has 0 spiro atoms. The molecule has 0 atom stereocenters. The molecule has 0 saturated carbocycles. The van der Waals surface area contributed by atoms with E-state index in [9.17, 15) is 4.79 Å². The molecule has 0 bridgehead atoms. The summed E-state index contributed by atoms with van der Waals surface area (Å²) in [5.74, 6) is 1.31. The number of ether oxygens (including phenoxy) is 2. The molecule has 0 aliphatic carbocycles. The minimum Gasteiger partial charge on any atom is -0.490 e. The van der Waals surface area contributed by atoms with Gasteiger partial charge < -0.3 is 9.47 Å². The molecular weight excluding hydrogens is 484 g/mol. The van der Waals surface area contributed by atoms with Crippen LogP contribution in [-0.4, -0.2) is 12.4 Å². The van der Waals surface area contributed by atoms with Crippen molar-refractivity contribution in [3.8, 4) is 11.5 Å². The fraction of sp³-hybridized carbons (Fsp3) is 0.125. The van der Waals surface area contributed by atoms with Gasteiger partial charge in [-0.3, -0.25) is 4.79 Å². The Labute approximate surface area is 193 Å². The van der Waals surface area contributed by atoms with Gasteiger partial charge in [0, 0.05) is 20.0 Å². The van der Waals surface area contributed by atoms with Crippen LogP contribution in [0.25, 0.3) is 6.08 Å². The van der Waals surface area contributed by atoms with E-state index in [4.69, 9.17) is 21.1 Å². The summed E-state index contributed by atoms with van der Waals surface area (Å²) >= 11 is 11.0. The van der Waals surface area contributed by atoms with E-state index >= 15 is 0 Å². The third kappa shape index (κ3) is 4.59. The highest BCUT2D eigenvalue weighted by molar-refractivity contribution is 9.10. The predicted octanol–water partition coefficient (Wildman–Crippen LogP) is 7.41. The molecule has 3 aromatic carbocycles. The maximum absolute atomic E-state index is 12.7. The average Bonchev–Trinajstić information content (AvgIpc) is 3.06. The van der Waals surface area contributed by atoms with Gasteiger partial charge in [-0.2, -0.15) is 0 Å². The highest BCUT2D eigenvalue weighted by atomic mass is 79.9. The standard InChI is InChI=1S/C24H18BrClO3S/c1-2-28-20-11-16(12-23-24(27)18-5-3-4-6-22(18)30-23)19(25)13-21(20)29-14-15-7-9-17(26)10-8-15/h3-13H,2,14H2,1H3/b23-12-. The monoisotopic (exact) mass is 500 g/mol. The summed E-state index contributed by atoms with van der Waals surface area (Å²) in [6.45, 7) is 2.83. The summed E-state index contributed by atoms with van der Waals surface area (Å²) in [5.41, 5.74) is 2.62. The van der Waals surface area contributed by atoms with Gasteiger partial charge in [-0.15, -0.1) is 0 Å². The molecule has 0 radical (unpaired) electrons. The molecule has 4 rings (SSSR count). The first-order valence-electron chi connectivity index (χ1n) is 9.42. The van der Waals surface area contributed by atoms with Crippen LogP contribution >= 0.6 is 39.3 Å². The van der Waals surface area contributed by atoms with E-state index in [-0.39, 0.29) is 5.78 Å². The zero-order valence-electron chi connectivity index (χ0n) is 16.2. The van der Waals surface area contributed by atoms with Gasteiger partial charge in [0.1, 0.15) is 6.61 Å².